The van der Waals surface area contributed by atoms with Gasteiger partial charge in [0, 0.05) is 16.8 Å². The lowest BCUT2D eigenvalue weighted by atomic mass is 9.80. The molecule has 16 heavy (non-hydrogen) atoms. The van der Waals surface area contributed by atoms with E-state index >= 15 is 0 Å². The van der Waals surface area contributed by atoms with E-state index in [-0.39, 0.29) is 0 Å². The molecule has 1 aliphatic carbocycles. The molecule has 3 atom stereocenters. The van der Waals surface area contributed by atoms with Crippen molar-refractivity contribution in [3.8, 4) is 0 Å². The van der Waals surface area contributed by atoms with Gasteiger partial charge in [0.05, 0.1) is 0 Å². The van der Waals surface area contributed by atoms with Crippen LogP contribution in [0.25, 0.3) is 0 Å². The number of halogens is 1. The van der Waals surface area contributed by atoms with Gasteiger partial charge in [-0.05, 0) is 49.3 Å². The zero-order valence-corrected chi connectivity index (χ0v) is 10.8. The fourth-order valence-electron chi connectivity index (χ4n) is 2.67. The molecule has 0 radical (unpaired) electrons. The van der Waals surface area contributed by atoms with Gasteiger partial charge in [-0.25, -0.2) is 0 Å². The van der Waals surface area contributed by atoms with Crippen molar-refractivity contribution < 1.29 is 0 Å². The average molecular weight is 238 g/mol. The molecule has 0 heterocycles. The van der Waals surface area contributed by atoms with Crippen molar-refractivity contribution in [3.63, 3.8) is 0 Å². The highest BCUT2D eigenvalue weighted by Gasteiger charge is 2.24. The number of hydrogen-bond acceptors (Lipinski definition) is 1. The lowest BCUT2D eigenvalue weighted by molar-refractivity contribution is 0.276. The van der Waals surface area contributed by atoms with Crippen LogP contribution in [0.3, 0.4) is 0 Å². The molecule has 2 rings (SSSR count). The molecule has 1 saturated carbocycles. The number of hydrogen-bond donors (Lipinski definition) is 1. The second kappa shape index (κ2) is 5.09. The quantitative estimate of drug-likeness (QED) is 0.794. The van der Waals surface area contributed by atoms with Crippen LogP contribution in [-0.4, -0.2) is 6.04 Å². The SMILES string of the molecule is CC1CCC(Nc2cccc(Cl)c2)C(C)C1. The molecule has 0 aromatic heterocycles. The Hall–Kier alpha value is -0.690. The Morgan fingerprint density at radius 3 is 2.75 bits per heavy atom. The molecule has 2 heteroatoms. The molecular formula is C14H20ClN. The summed E-state index contributed by atoms with van der Waals surface area (Å²) in [6.45, 7) is 4.70. The molecule has 88 valence electrons. The summed E-state index contributed by atoms with van der Waals surface area (Å²) < 4.78 is 0. The van der Waals surface area contributed by atoms with Crippen LogP contribution in [0.15, 0.2) is 24.3 Å². The van der Waals surface area contributed by atoms with Gasteiger partial charge in [0.15, 0.2) is 0 Å². The predicted octanol–water partition coefficient (Wildman–Crippen LogP) is 4.58. The summed E-state index contributed by atoms with van der Waals surface area (Å²) in [5.74, 6) is 1.63. The van der Waals surface area contributed by atoms with Gasteiger partial charge >= 0.3 is 0 Å². The maximum absolute atomic E-state index is 5.98. The van der Waals surface area contributed by atoms with Crippen molar-refractivity contribution in [3.05, 3.63) is 29.3 Å². The van der Waals surface area contributed by atoms with Gasteiger partial charge in [0.1, 0.15) is 0 Å². The first-order valence-electron chi connectivity index (χ1n) is 6.17. The first-order chi connectivity index (χ1) is 7.65. The van der Waals surface area contributed by atoms with Crippen LogP contribution in [-0.2, 0) is 0 Å². The van der Waals surface area contributed by atoms with Gasteiger partial charge in [0.2, 0.25) is 0 Å². The third kappa shape index (κ3) is 2.91. The maximum Gasteiger partial charge on any atom is 0.0426 e. The highest BCUT2D eigenvalue weighted by atomic mass is 35.5. The average Bonchev–Trinajstić information content (AvgIpc) is 2.22. The maximum atomic E-state index is 5.98. The Labute approximate surface area is 103 Å². The second-order valence-corrected chi connectivity index (χ2v) is 5.59. The first-order valence-corrected chi connectivity index (χ1v) is 6.55. The summed E-state index contributed by atoms with van der Waals surface area (Å²) >= 11 is 5.98. The molecule has 0 saturated heterocycles. The third-order valence-electron chi connectivity index (χ3n) is 3.61. The van der Waals surface area contributed by atoms with Gasteiger partial charge in [-0.2, -0.15) is 0 Å². The van der Waals surface area contributed by atoms with E-state index < -0.39 is 0 Å². The topological polar surface area (TPSA) is 12.0 Å². The number of benzene rings is 1. The van der Waals surface area contributed by atoms with Crippen LogP contribution < -0.4 is 5.32 Å². The van der Waals surface area contributed by atoms with Crippen molar-refractivity contribution in [2.45, 2.75) is 39.2 Å². The Balaban J connectivity index is 1.99. The van der Waals surface area contributed by atoms with Gasteiger partial charge in [-0.3, -0.25) is 0 Å². The van der Waals surface area contributed by atoms with Gasteiger partial charge in [0.25, 0.3) is 0 Å². The molecule has 1 N–H and O–H groups in total. The second-order valence-electron chi connectivity index (χ2n) is 5.16. The Morgan fingerprint density at radius 2 is 2.06 bits per heavy atom. The standard InChI is InChI=1S/C14H20ClN/c1-10-6-7-14(11(2)8-10)16-13-5-3-4-12(15)9-13/h3-5,9-11,14,16H,6-8H2,1-2H3. The minimum Gasteiger partial charge on any atom is -0.382 e. The summed E-state index contributed by atoms with van der Waals surface area (Å²) in [5.41, 5.74) is 1.15. The minimum atomic E-state index is 0.606. The van der Waals surface area contributed by atoms with Crippen molar-refractivity contribution >= 4 is 17.3 Å². The monoisotopic (exact) mass is 237 g/mol. The van der Waals surface area contributed by atoms with Crippen LogP contribution in [0.5, 0.6) is 0 Å². The molecule has 1 nitrogen and oxygen atoms in total. The molecule has 1 aliphatic rings. The van der Waals surface area contributed by atoms with E-state index in [0.29, 0.717) is 6.04 Å². The van der Waals surface area contributed by atoms with Crippen LogP contribution in [0.1, 0.15) is 33.1 Å². The summed E-state index contributed by atoms with van der Waals surface area (Å²) in [6, 6.07) is 8.62. The smallest absolute Gasteiger partial charge is 0.0426 e. The van der Waals surface area contributed by atoms with Crippen molar-refractivity contribution in [1.29, 1.82) is 0 Å². The third-order valence-corrected chi connectivity index (χ3v) is 3.84. The van der Waals surface area contributed by atoms with Crippen molar-refractivity contribution in [2.24, 2.45) is 11.8 Å². The van der Waals surface area contributed by atoms with Crippen LogP contribution >= 0.6 is 11.6 Å². The molecule has 1 aromatic rings. The summed E-state index contributed by atoms with van der Waals surface area (Å²) in [7, 11) is 0. The molecular weight excluding hydrogens is 218 g/mol. The summed E-state index contributed by atoms with van der Waals surface area (Å²) in [6.07, 6.45) is 3.94. The van der Waals surface area contributed by atoms with E-state index in [1.807, 2.05) is 18.2 Å². The fraction of sp³-hybridized carbons (Fsp3) is 0.571. The van der Waals surface area contributed by atoms with E-state index in [1.165, 1.54) is 19.3 Å². The van der Waals surface area contributed by atoms with E-state index in [4.69, 9.17) is 11.6 Å². The van der Waals surface area contributed by atoms with E-state index in [0.717, 1.165) is 22.5 Å². The fourth-order valence-corrected chi connectivity index (χ4v) is 2.86. The molecule has 0 amide bonds. The zero-order valence-electron chi connectivity index (χ0n) is 10.0. The molecule has 0 spiro atoms. The summed E-state index contributed by atoms with van der Waals surface area (Å²) in [4.78, 5) is 0. The molecule has 0 aliphatic heterocycles. The predicted molar refractivity (Wildman–Crippen MR) is 71.0 cm³/mol. The van der Waals surface area contributed by atoms with Crippen LogP contribution in [0.2, 0.25) is 5.02 Å². The van der Waals surface area contributed by atoms with Gasteiger partial charge < -0.3 is 5.32 Å². The molecule has 0 bridgehead atoms. The molecule has 1 aromatic carbocycles. The lowest BCUT2D eigenvalue weighted by Gasteiger charge is -2.33. The highest BCUT2D eigenvalue weighted by Crippen LogP contribution is 2.31. The van der Waals surface area contributed by atoms with E-state index in [1.54, 1.807) is 0 Å². The van der Waals surface area contributed by atoms with Crippen LogP contribution in [0.4, 0.5) is 5.69 Å². The van der Waals surface area contributed by atoms with Crippen LogP contribution in [0, 0.1) is 11.8 Å². The number of nitrogens with one attached hydrogen (secondary N) is 1. The minimum absolute atomic E-state index is 0.606. The van der Waals surface area contributed by atoms with Crippen molar-refractivity contribution in [2.75, 3.05) is 5.32 Å². The normalized spacial score (nSPS) is 30.1. The Kier molecular flexibility index (Phi) is 3.75. The number of anilines is 1. The Bertz CT molecular complexity index is 350. The number of rotatable bonds is 2. The van der Waals surface area contributed by atoms with E-state index in [2.05, 4.69) is 25.2 Å². The largest absolute Gasteiger partial charge is 0.382 e. The van der Waals surface area contributed by atoms with Crippen molar-refractivity contribution in [1.82, 2.24) is 0 Å². The molecule has 3 unspecified atom stereocenters. The summed E-state index contributed by atoms with van der Waals surface area (Å²) in [5, 5.41) is 4.41. The first kappa shape index (κ1) is 11.8. The Morgan fingerprint density at radius 1 is 1.25 bits per heavy atom. The van der Waals surface area contributed by atoms with Gasteiger partial charge in [-0.1, -0.05) is 31.5 Å². The van der Waals surface area contributed by atoms with Gasteiger partial charge in [-0.15, -0.1) is 0 Å². The lowest BCUT2D eigenvalue weighted by Crippen LogP contribution is -2.32. The highest BCUT2D eigenvalue weighted by molar-refractivity contribution is 6.30. The zero-order chi connectivity index (χ0) is 11.5. The van der Waals surface area contributed by atoms with E-state index in [9.17, 15) is 0 Å². The molecule has 1 fully saturated rings.